The van der Waals surface area contributed by atoms with Gasteiger partial charge in [0.1, 0.15) is 17.3 Å². The molecule has 1 fully saturated rings. The average Bonchev–Trinajstić information content (AvgIpc) is 2.94. The lowest BCUT2D eigenvalue weighted by atomic mass is 10.1. The minimum atomic E-state index is -3.90. The standard InChI is InChI=1S/C14H16FNO4S/c15-13-8-11(2-1-7-17)3-4-14(13)21(19,20)16-6-5-12(9-16)10-18/h3-4,8,12,17-18H,5-7,9-10H2. The Morgan fingerprint density at radius 3 is 2.71 bits per heavy atom. The number of sulfonamides is 1. The number of rotatable bonds is 3. The Kier molecular flexibility index (Phi) is 4.96. The quantitative estimate of drug-likeness (QED) is 0.780. The van der Waals surface area contributed by atoms with E-state index in [-0.39, 0.29) is 32.2 Å². The fourth-order valence-corrected chi connectivity index (χ4v) is 3.81. The highest BCUT2D eigenvalue weighted by Crippen LogP contribution is 2.26. The zero-order valence-corrected chi connectivity index (χ0v) is 12.1. The van der Waals surface area contributed by atoms with E-state index >= 15 is 0 Å². The van der Waals surface area contributed by atoms with E-state index in [1.54, 1.807) is 0 Å². The summed E-state index contributed by atoms with van der Waals surface area (Å²) in [5, 5.41) is 17.6. The third kappa shape index (κ3) is 3.41. The van der Waals surface area contributed by atoms with Gasteiger partial charge in [-0.15, -0.1) is 0 Å². The molecule has 0 bridgehead atoms. The van der Waals surface area contributed by atoms with E-state index in [2.05, 4.69) is 11.8 Å². The minimum absolute atomic E-state index is 0.0792. The Labute approximate surface area is 123 Å². The average molecular weight is 313 g/mol. The Morgan fingerprint density at radius 1 is 1.38 bits per heavy atom. The third-order valence-corrected chi connectivity index (χ3v) is 5.27. The predicted octanol–water partition coefficient (Wildman–Crippen LogP) is 0.172. The van der Waals surface area contributed by atoms with Crippen LogP contribution in [0.2, 0.25) is 0 Å². The Bertz CT molecular complexity index is 678. The van der Waals surface area contributed by atoms with Crippen LogP contribution in [0.4, 0.5) is 4.39 Å². The van der Waals surface area contributed by atoms with Gasteiger partial charge in [0.05, 0.1) is 0 Å². The summed E-state index contributed by atoms with van der Waals surface area (Å²) in [6.45, 7) is 0.0472. The van der Waals surface area contributed by atoms with Gasteiger partial charge < -0.3 is 10.2 Å². The van der Waals surface area contributed by atoms with E-state index in [1.807, 2.05) is 0 Å². The first-order valence-electron chi connectivity index (χ1n) is 6.49. The van der Waals surface area contributed by atoms with Gasteiger partial charge in [0, 0.05) is 25.3 Å². The van der Waals surface area contributed by atoms with Crippen LogP contribution < -0.4 is 0 Å². The number of benzene rings is 1. The summed E-state index contributed by atoms with van der Waals surface area (Å²) >= 11 is 0. The van der Waals surface area contributed by atoms with E-state index in [4.69, 9.17) is 10.2 Å². The van der Waals surface area contributed by atoms with E-state index in [0.29, 0.717) is 12.0 Å². The molecule has 1 aromatic carbocycles. The lowest BCUT2D eigenvalue weighted by Gasteiger charge is -2.16. The van der Waals surface area contributed by atoms with Gasteiger partial charge in [0.2, 0.25) is 10.0 Å². The Hall–Kier alpha value is -1.46. The van der Waals surface area contributed by atoms with Gasteiger partial charge in [-0.05, 0) is 30.5 Å². The third-order valence-electron chi connectivity index (χ3n) is 3.37. The molecule has 0 aromatic heterocycles. The van der Waals surface area contributed by atoms with Crippen molar-refractivity contribution in [2.75, 3.05) is 26.3 Å². The van der Waals surface area contributed by atoms with Crippen LogP contribution in [0.5, 0.6) is 0 Å². The molecule has 1 aliphatic heterocycles. The second kappa shape index (κ2) is 6.54. The molecule has 1 aliphatic rings. The molecule has 1 saturated heterocycles. The Balaban J connectivity index is 2.29. The van der Waals surface area contributed by atoms with Crippen molar-refractivity contribution in [3.8, 4) is 11.8 Å². The van der Waals surface area contributed by atoms with Crippen molar-refractivity contribution >= 4 is 10.0 Å². The number of halogens is 1. The summed E-state index contributed by atoms with van der Waals surface area (Å²) < 4.78 is 39.9. The molecular formula is C14H16FNO4S. The van der Waals surface area contributed by atoms with Crippen LogP contribution in [-0.4, -0.2) is 49.2 Å². The second-order valence-electron chi connectivity index (χ2n) is 4.81. The lowest BCUT2D eigenvalue weighted by Crippen LogP contribution is -2.30. The summed E-state index contributed by atoms with van der Waals surface area (Å²) in [5.74, 6) is 3.92. The van der Waals surface area contributed by atoms with Crippen molar-refractivity contribution in [2.24, 2.45) is 5.92 Å². The normalized spacial score (nSPS) is 19.3. The van der Waals surface area contributed by atoms with Gasteiger partial charge in [0.15, 0.2) is 0 Å². The van der Waals surface area contributed by atoms with Crippen molar-refractivity contribution in [2.45, 2.75) is 11.3 Å². The molecule has 0 radical (unpaired) electrons. The van der Waals surface area contributed by atoms with Gasteiger partial charge in [0.25, 0.3) is 0 Å². The highest BCUT2D eigenvalue weighted by molar-refractivity contribution is 7.89. The molecule has 2 N–H and O–H groups in total. The van der Waals surface area contributed by atoms with Crippen molar-refractivity contribution in [3.63, 3.8) is 0 Å². The number of aliphatic hydroxyl groups excluding tert-OH is 2. The van der Waals surface area contributed by atoms with Crippen LogP contribution in [0.25, 0.3) is 0 Å². The van der Waals surface area contributed by atoms with Crippen molar-refractivity contribution in [1.82, 2.24) is 4.31 Å². The maximum Gasteiger partial charge on any atom is 0.245 e. The molecule has 1 heterocycles. The monoisotopic (exact) mass is 313 g/mol. The van der Waals surface area contributed by atoms with Crippen LogP contribution in [0.1, 0.15) is 12.0 Å². The van der Waals surface area contributed by atoms with Crippen LogP contribution in [0.15, 0.2) is 23.1 Å². The number of nitrogens with zero attached hydrogens (tertiary/aromatic N) is 1. The summed E-state index contributed by atoms with van der Waals surface area (Å²) in [7, 11) is -3.90. The Morgan fingerprint density at radius 2 is 2.14 bits per heavy atom. The molecule has 114 valence electrons. The fraction of sp³-hybridized carbons (Fsp3) is 0.429. The van der Waals surface area contributed by atoms with E-state index in [0.717, 1.165) is 6.07 Å². The second-order valence-corrected chi connectivity index (χ2v) is 6.71. The summed E-state index contributed by atoms with van der Waals surface area (Å²) in [6, 6.07) is 3.62. The molecule has 0 amide bonds. The first kappa shape index (κ1) is 15.9. The van der Waals surface area contributed by atoms with Gasteiger partial charge in [-0.1, -0.05) is 11.8 Å². The highest BCUT2D eigenvalue weighted by atomic mass is 32.2. The molecule has 2 rings (SSSR count). The SMILES string of the molecule is O=S(=O)(c1ccc(C#CCO)cc1F)N1CCC(CO)C1. The molecule has 1 aromatic rings. The van der Waals surface area contributed by atoms with Gasteiger partial charge in [-0.25, -0.2) is 12.8 Å². The maximum atomic E-state index is 14.0. The first-order valence-corrected chi connectivity index (χ1v) is 7.93. The van der Waals surface area contributed by atoms with E-state index in [1.165, 1.54) is 16.4 Å². The highest BCUT2D eigenvalue weighted by Gasteiger charge is 2.33. The molecule has 1 unspecified atom stereocenters. The van der Waals surface area contributed by atoms with Crippen molar-refractivity contribution < 1.29 is 23.0 Å². The van der Waals surface area contributed by atoms with Crippen LogP contribution in [0.3, 0.4) is 0 Å². The number of aliphatic hydroxyl groups is 2. The fourth-order valence-electron chi connectivity index (χ4n) is 2.23. The molecule has 1 atom stereocenters. The molecular weight excluding hydrogens is 297 g/mol. The predicted molar refractivity (Wildman–Crippen MR) is 74.3 cm³/mol. The molecule has 0 aliphatic carbocycles. The van der Waals surface area contributed by atoms with Gasteiger partial charge in [-0.3, -0.25) is 0 Å². The summed E-state index contributed by atoms with van der Waals surface area (Å²) in [4.78, 5) is -0.393. The maximum absolute atomic E-state index is 14.0. The van der Waals surface area contributed by atoms with E-state index in [9.17, 15) is 12.8 Å². The zero-order valence-electron chi connectivity index (χ0n) is 11.3. The minimum Gasteiger partial charge on any atom is -0.396 e. The summed E-state index contributed by atoms with van der Waals surface area (Å²) in [6.07, 6.45) is 0.567. The van der Waals surface area contributed by atoms with Gasteiger partial charge >= 0.3 is 0 Å². The number of hydrogen-bond acceptors (Lipinski definition) is 4. The molecule has 21 heavy (non-hydrogen) atoms. The smallest absolute Gasteiger partial charge is 0.245 e. The van der Waals surface area contributed by atoms with Crippen molar-refractivity contribution in [1.29, 1.82) is 0 Å². The van der Waals surface area contributed by atoms with E-state index < -0.39 is 20.7 Å². The topological polar surface area (TPSA) is 77.8 Å². The van der Waals surface area contributed by atoms with Crippen LogP contribution in [0, 0.1) is 23.6 Å². The largest absolute Gasteiger partial charge is 0.396 e. The molecule has 5 nitrogen and oxygen atoms in total. The van der Waals surface area contributed by atoms with Crippen molar-refractivity contribution in [3.05, 3.63) is 29.6 Å². The molecule has 7 heteroatoms. The zero-order chi connectivity index (χ0) is 15.5. The summed E-state index contributed by atoms with van der Waals surface area (Å²) in [5.41, 5.74) is 0.301. The van der Waals surface area contributed by atoms with Crippen LogP contribution >= 0.6 is 0 Å². The van der Waals surface area contributed by atoms with Crippen LogP contribution in [-0.2, 0) is 10.0 Å². The molecule has 0 saturated carbocycles. The lowest BCUT2D eigenvalue weighted by molar-refractivity contribution is 0.233. The first-order chi connectivity index (χ1) is 9.98. The molecule has 0 spiro atoms. The van der Waals surface area contributed by atoms with Gasteiger partial charge in [-0.2, -0.15) is 4.31 Å². The number of hydrogen-bond donors (Lipinski definition) is 2.